The van der Waals surface area contributed by atoms with Crippen molar-refractivity contribution in [1.29, 1.82) is 0 Å². The van der Waals surface area contributed by atoms with Gasteiger partial charge in [-0.3, -0.25) is 23.6 Å². The number of benzene rings is 1. The summed E-state index contributed by atoms with van der Waals surface area (Å²) in [6.45, 7) is 5.44. The van der Waals surface area contributed by atoms with Crippen molar-refractivity contribution < 1.29 is 18.0 Å². The Morgan fingerprint density at radius 3 is 2.74 bits per heavy atom. The Morgan fingerprint density at radius 1 is 1.26 bits per heavy atom. The van der Waals surface area contributed by atoms with Gasteiger partial charge in [-0.15, -0.1) is 11.3 Å². The average Bonchev–Trinajstić information content (AvgIpc) is 3.12. The standard InChI is InChI=1S/C26H28N2O5S2/c1-4-6-7-18-15-24(29)28(26(18)31)12-13-35(32,33)27(3)19-9-11-21-23(16-19)34-22-14-17(5-2)8-10-20(22)25(21)30/h4,6-7,9,11,15-17H,1,5,8,10,12-14H2,2-3H3/b7-6-. The molecule has 0 N–H and O–H groups in total. The van der Waals surface area contributed by atoms with E-state index in [1.807, 2.05) is 0 Å². The minimum absolute atomic E-state index is 0.0419. The maximum atomic E-state index is 13.0. The summed E-state index contributed by atoms with van der Waals surface area (Å²) in [4.78, 5) is 39.7. The molecule has 1 aromatic heterocycles. The lowest BCUT2D eigenvalue weighted by molar-refractivity contribution is -0.136. The van der Waals surface area contributed by atoms with E-state index in [1.54, 1.807) is 35.6 Å². The molecule has 0 radical (unpaired) electrons. The maximum absolute atomic E-state index is 13.0. The first-order chi connectivity index (χ1) is 16.7. The van der Waals surface area contributed by atoms with Crippen LogP contribution in [0.1, 0.15) is 30.2 Å². The number of sulfonamides is 1. The first-order valence-corrected chi connectivity index (χ1v) is 14.0. The van der Waals surface area contributed by atoms with Gasteiger partial charge < -0.3 is 0 Å². The molecule has 2 aliphatic rings. The number of carbonyl (C=O) groups is 2. The van der Waals surface area contributed by atoms with E-state index < -0.39 is 27.6 Å². The predicted octanol–water partition coefficient (Wildman–Crippen LogP) is 3.58. The minimum atomic E-state index is -3.83. The summed E-state index contributed by atoms with van der Waals surface area (Å²) < 4.78 is 28.0. The third kappa shape index (κ3) is 4.88. The van der Waals surface area contributed by atoms with Crippen molar-refractivity contribution in [2.24, 2.45) is 5.92 Å². The molecule has 1 aliphatic heterocycles. The number of allylic oxidation sites excluding steroid dienone is 2. The molecule has 0 bridgehead atoms. The molecule has 35 heavy (non-hydrogen) atoms. The smallest absolute Gasteiger partial charge is 0.260 e. The largest absolute Gasteiger partial charge is 0.289 e. The Bertz CT molecular complexity index is 1440. The zero-order valence-electron chi connectivity index (χ0n) is 19.8. The number of imide groups is 1. The van der Waals surface area contributed by atoms with E-state index in [4.69, 9.17) is 0 Å². The Balaban J connectivity index is 1.54. The zero-order valence-corrected chi connectivity index (χ0v) is 21.5. The lowest BCUT2D eigenvalue weighted by Gasteiger charge is -2.24. The second-order valence-corrected chi connectivity index (χ2v) is 12.1. The Morgan fingerprint density at radius 2 is 2.03 bits per heavy atom. The molecule has 0 saturated carbocycles. The molecule has 1 unspecified atom stereocenters. The van der Waals surface area contributed by atoms with Crippen molar-refractivity contribution in [2.75, 3.05) is 23.7 Å². The van der Waals surface area contributed by atoms with Crippen LogP contribution in [-0.4, -0.2) is 44.5 Å². The fraction of sp³-hybridized carbons (Fsp3) is 0.346. The summed E-state index contributed by atoms with van der Waals surface area (Å²) in [6.07, 6.45) is 9.46. The number of anilines is 1. The molecule has 0 spiro atoms. The van der Waals surface area contributed by atoms with Crippen LogP contribution >= 0.6 is 11.3 Å². The van der Waals surface area contributed by atoms with E-state index in [2.05, 4.69) is 13.5 Å². The van der Waals surface area contributed by atoms with Crippen LogP contribution in [0.25, 0.3) is 10.1 Å². The van der Waals surface area contributed by atoms with Crippen LogP contribution in [0.15, 0.2) is 59.4 Å². The van der Waals surface area contributed by atoms with Gasteiger partial charge in [0.15, 0.2) is 5.43 Å². The van der Waals surface area contributed by atoms with Crippen LogP contribution in [0.2, 0.25) is 0 Å². The molecule has 2 aromatic rings. The monoisotopic (exact) mass is 512 g/mol. The second-order valence-electron chi connectivity index (χ2n) is 8.80. The van der Waals surface area contributed by atoms with Crippen molar-refractivity contribution in [2.45, 2.75) is 32.6 Å². The highest BCUT2D eigenvalue weighted by Gasteiger charge is 2.31. The molecular weight excluding hydrogens is 484 g/mol. The minimum Gasteiger partial charge on any atom is -0.289 e. The molecule has 7 nitrogen and oxygen atoms in total. The van der Waals surface area contributed by atoms with Gasteiger partial charge >= 0.3 is 0 Å². The van der Waals surface area contributed by atoms with Crippen LogP contribution in [0, 0.1) is 5.92 Å². The fourth-order valence-corrected chi connectivity index (χ4v) is 6.95. The van der Waals surface area contributed by atoms with Gasteiger partial charge in [-0.05, 0) is 49.5 Å². The van der Waals surface area contributed by atoms with Crippen LogP contribution < -0.4 is 9.73 Å². The Kier molecular flexibility index (Phi) is 7.10. The maximum Gasteiger partial charge on any atom is 0.260 e. The van der Waals surface area contributed by atoms with Gasteiger partial charge in [-0.2, -0.15) is 0 Å². The molecule has 0 fully saturated rings. The van der Waals surface area contributed by atoms with Crippen LogP contribution in [0.3, 0.4) is 0 Å². The molecule has 0 saturated heterocycles. The van der Waals surface area contributed by atoms with Gasteiger partial charge in [0.1, 0.15) is 0 Å². The third-order valence-electron chi connectivity index (χ3n) is 6.71. The first kappa shape index (κ1) is 25.1. The summed E-state index contributed by atoms with van der Waals surface area (Å²) in [5, 5.41) is 0.609. The van der Waals surface area contributed by atoms with E-state index >= 15 is 0 Å². The molecule has 1 aliphatic carbocycles. The number of hydrogen-bond donors (Lipinski definition) is 0. The lowest BCUT2D eigenvalue weighted by atomic mass is 9.87. The number of nitrogens with zero attached hydrogens (tertiary/aromatic N) is 2. The third-order valence-corrected chi connectivity index (χ3v) is 9.67. The van der Waals surface area contributed by atoms with Crippen LogP contribution in [0.5, 0.6) is 0 Å². The van der Waals surface area contributed by atoms with Crippen LogP contribution in [-0.2, 0) is 32.5 Å². The molecule has 1 atom stereocenters. The lowest BCUT2D eigenvalue weighted by Crippen LogP contribution is -2.39. The SMILES string of the molecule is C=C/C=C\C1=CC(=O)N(CCS(=O)(=O)N(C)c2ccc3c(=O)c4c(sc3c2)CC(CC)CC4)C1=O. The van der Waals surface area contributed by atoms with E-state index in [-0.39, 0.29) is 17.5 Å². The van der Waals surface area contributed by atoms with Crippen molar-refractivity contribution in [3.05, 3.63) is 75.3 Å². The number of hydrogen-bond acceptors (Lipinski definition) is 6. The Hall–Kier alpha value is -3.04. The molecule has 2 heterocycles. The van der Waals surface area contributed by atoms with Crippen molar-refractivity contribution >= 4 is 48.9 Å². The number of fused-ring (bicyclic) bond motifs is 2. The summed E-state index contributed by atoms with van der Waals surface area (Å²) in [6, 6.07) is 5.06. The van der Waals surface area contributed by atoms with E-state index in [9.17, 15) is 22.8 Å². The molecule has 2 amide bonds. The van der Waals surface area contributed by atoms with E-state index in [0.29, 0.717) is 17.0 Å². The fourth-order valence-electron chi connectivity index (χ4n) is 4.48. The number of rotatable bonds is 8. The van der Waals surface area contributed by atoms with E-state index in [0.717, 1.165) is 50.0 Å². The van der Waals surface area contributed by atoms with Gasteiger partial charge in [0.2, 0.25) is 10.0 Å². The normalized spacial score (nSPS) is 18.3. The first-order valence-electron chi connectivity index (χ1n) is 11.6. The van der Waals surface area contributed by atoms with Crippen molar-refractivity contribution in [1.82, 2.24) is 4.90 Å². The number of amides is 2. The van der Waals surface area contributed by atoms with Crippen LogP contribution in [0.4, 0.5) is 5.69 Å². The summed E-state index contributed by atoms with van der Waals surface area (Å²) in [5.41, 5.74) is 1.57. The predicted molar refractivity (Wildman–Crippen MR) is 140 cm³/mol. The van der Waals surface area contributed by atoms with E-state index in [1.165, 1.54) is 25.3 Å². The van der Waals surface area contributed by atoms with Crippen molar-refractivity contribution in [3.8, 4) is 0 Å². The quantitative estimate of drug-likeness (QED) is 0.398. The van der Waals surface area contributed by atoms with Crippen molar-refractivity contribution in [3.63, 3.8) is 0 Å². The molecule has 1 aromatic carbocycles. The molecular formula is C26H28N2O5S2. The Labute approximate surface area is 209 Å². The van der Waals surface area contributed by atoms with Gasteiger partial charge in [-0.1, -0.05) is 32.1 Å². The molecule has 4 rings (SSSR count). The zero-order chi connectivity index (χ0) is 25.3. The molecule has 184 valence electrons. The van der Waals surface area contributed by atoms with Gasteiger partial charge in [0.25, 0.3) is 11.8 Å². The summed E-state index contributed by atoms with van der Waals surface area (Å²) in [7, 11) is -2.40. The highest BCUT2D eigenvalue weighted by atomic mass is 32.2. The average molecular weight is 513 g/mol. The highest BCUT2D eigenvalue weighted by molar-refractivity contribution is 7.92. The van der Waals surface area contributed by atoms with Gasteiger partial charge in [0, 0.05) is 45.8 Å². The molecule has 9 heteroatoms. The number of carbonyl (C=O) groups excluding carboxylic acids is 2. The summed E-state index contributed by atoms with van der Waals surface area (Å²) >= 11 is 1.57. The van der Waals surface area contributed by atoms with Gasteiger partial charge in [-0.25, -0.2) is 8.42 Å². The summed E-state index contributed by atoms with van der Waals surface area (Å²) in [5.74, 6) is -0.914. The van der Waals surface area contributed by atoms with Gasteiger partial charge in [0.05, 0.1) is 11.4 Å². The second kappa shape index (κ2) is 9.91. The highest BCUT2D eigenvalue weighted by Crippen LogP contribution is 2.33. The topological polar surface area (TPSA) is 91.8 Å².